The summed E-state index contributed by atoms with van der Waals surface area (Å²) < 4.78 is 0. The zero-order chi connectivity index (χ0) is 8.85. The molecule has 1 amide bonds. The summed E-state index contributed by atoms with van der Waals surface area (Å²) in [6.07, 6.45) is 0.815. The van der Waals surface area contributed by atoms with Gasteiger partial charge < -0.3 is 5.32 Å². The van der Waals surface area contributed by atoms with Crippen molar-refractivity contribution in [1.29, 1.82) is 0 Å². The van der Waals surface area contributed by atoms with Crippen LogP contribution in [0.3, 0.4) is 0 Å². The summed E-state index contributed by atoms with van der Waals surface area (Å²) >= 11 is 5.51. The van der Waals surface area contributed by atoms with Gasteiger partial charge in [0, 0.05) is 6.54 Å². The van der Waals surface area contributed by atoms with E-state index in [1.165, 1.54) is 0 Å². The molecule has 11 heavy (non-hydrogen) atoms. The fourth-order valence-electron chi connectivity index (χ4n) is 0.540. The molecule has 0 spiro atoms. The van der Waals surface area contributed by atoms with Gasteiger partial charge in [-0.3, -0.25) is 4.79 Å². The van der Waals surface area contributed by atoms with Crippen molar-refractivity contribution in [2.24, 2.45) is 0 Å². The van der Waals surface area contributed by atoms with Crippen LogP contribution in [0.25, 0.3) is 0 Å². The van der Waals surface area contributed by atoms with Crippen molar-refractivity contribution in [2.75, 3.05) is 6.54 Å². The average Bonchev–Trinajstić information content (AvgIpc) is 1.86. The Bertz CT molecular complexity index is 154. The van der Waals surface area contributed by atoms with Gasteiger partial charge in [0.1, 0.15) is 5.38 Å². The number of hydrogen-bond donors (Lipinski definition) is 1. The first-order chi connectivity index (χ1) is 5.04. The topological polar surface area (TPSA) is 29.1 Å². The molecule has 2 nitrogen and oxygen atoms in total. The van der Waals surface area contributed by atoms with Crippen LogP contribution in [0, 0.1) is 0 Å². The van der Waals surface area contributed by atoms with Gasteiger partial charge >= 0.3 is 0 Å². The normalized spacial score (nSPS) is 12.3. The van der Waals surface area contributed by atoms with E-state index in [9.17, 15) is 4.79 Å². The summed E-state index contributed by atoms with van der Waals surface area (Å²) in [6, 6.07) is 0. The largest absolute Gasteiger partial charge is 0.355 e. The Morgan fingerprint density at radius 3 is 2.64 bits per heavy atom. The third-order valence-electron chi connectivity index (χ3n) is 1.21. The minimum Gasteiger partial charge on any atom is -0.355 e. The van der Waals surface area contributed by atoms with Gasteiger partial charge in [-0.05, 0) is 20.3 Å². The molecule has 0 bridgehead atoms. The fraction of sp³-hybridized carbons (Fsp3) is 0.625. The van der Waals surface area contributed by atoms with Crippen LogP contribution in [-0.2, 0) is 4.79 Å². The third kappa shape index (κ3) is 5.92. The van der Waals surface area contributed by atoms with Crippen molar-refractivity contribution in [3.63, 3.8) is 0 Å². The number of hydrogen-bond acceptors (Lipinski definition) is 1. The minimum absolute atomic E-state index is 0.118. The van der Waals surface area contributed by atoms with E-state index in [0.29, 0.717) is 6.54 Å². The number of carbonyl (C=O) groups is 1. The van der Waals surface area contributed by atoms with Crippen molar-refractivity contribution >= 4 is 17.5 Å². The van der Waals surface area contributed by atoms with E-state index in [0.717, 1.165) is 12.0 Å². The molecule has 0 fully saturated rings. The Hall–Kier alpha value is -0.500. The first kappa shape index (κ1) is 10.5. The predicted molar refractivity (Wildman–Crippen MR) is 47.8 cm³/mol. The number of rotatable bonds is 4. The third-order valence-corrected chi connectivity index (χ3v) is 1.41. The predicted octanol–water partition coefficient (Wildman–Crippen LogP) is 1.70. The van der Waals surface area contributed by atoms with Crippen LogP contribution in [-0.4, -0.2) is 17.8 Å². The van der Waals surface area contributed by atoms with Crippen LogP contribution in [0.4, 0.5) is 0 Å². The summed E-state index contributed by atoms with van der Waals surface area (Å²) in [4.78, 5) is 10.9. The highest BCUT2D eigenvalue weighted by Crippen LogP contribution is 1.95. The molecule has 0 aromatic rings. The highest BCUT2D eigenvalue weighted by molar-refractivity contribution is 6.30. The van der Waals surface area contributed by atoms with Crippen LogP contribution in [0.5, 0.6) is 0 Å². The number of carbonyl (C=O) groups excluding carboxylic acids is 1. The standard InChI is InChI=1S/C8H14ClNO/c1-6(2)4-5-10-8(11)7(3)9/h7H,1,4-5H2,2-3H3,(H,10,11). The van der Waals surface area contributed by atoms with Crippen molar-refractivity contribution in [3.05, 3.63) is 12.2 Å². The molecule has 0 aliphatic rings. The molecule has 3 heteroatoms. The second-order valence-electron chi connectivity index (χ2n) is 2.61. The summed E-state index contributed by atoms with van der Waals surface area (Å²) in [5.74, 6) is -0.118. The molecule has 0 aromatic heterocycles. The zero-order valence-corrected chi connectivity index (χ0v) is 7.74. The molecule has 0 saturated heterocycles. The molecule has 0 rings (SSSR count). The van der Waals surface area contributed by atoms with Gasteiger partial charge in [-0.25, -0.2) is 0 Å². The van der Waals surface area contributed by atoms with Crippen LogP contribution < -0.4 is 5.32 Å². The maximum Gasteiger partial charge on any atom is 0.237 e. The Balaban J connectivity index is 3.39. The lowest BCUT2D eigenvalue weighted by atomic mass is 10.2. The second kappa shape index (κ2) is 5.19. The van der Waals surface area contributed by atoms with E-state index >= 15 is 0 Å². The van der Waals surface area contributed by atoms with Crippen LogP contribution in [0.2, 0.25) is 0 Å². The quantitative estimate of drug-likeness (QED) is 0.512. The average molecular weight is 176 g/mol. The Labute approximate surface area is 72.6 Å². The minimum atomic E-state index is -0.444. The van der Waals surface area contributed by atoms with E-state index < -0.39 is 5.38 Å². The molecule has 0 aliphatic heterocycles. The van der Waals surface area contributed by atoms with Gasteiger partial charge in [0.25, 0.3) is 0 Å². The molecule has 0 heterocycles. The van der Waals surface area contributed by atoms with Crippen LogP contribution in [0.1, 0.15) is 20.3 Å². The van der Waals surface area contributed by atoms with E-state index in [1.54, 1.807) is 6.92 Å². The smallest absolute Gasteiger partial charge is 0.237 e. The van der Waals surface area contributed by atoms with E-state index in [2.05, 4.69) is 11.9 Å². The van der Waals surface area contributed by atoms with Crippen LogP contribution >= 0.6 is 11.6 Å². The molecular formula is C8H14ClNO. The first-order valence-corrected chi connectivity index (χ1v) is 4.04. The molecule has 0 radical (unpaired) electrons. The SMILES string of the molecule is C=C(C)CCNC(=O)C(C)Cl. The lowest BCUT2D eigenvalue weighted by molar-refractivity contribution is -0.120. The van der Waals surface area contributed by atoms with Crippen molar-refractivity contribution in [3.8, 4) is 0 Å². The lowest BCUT2D eigenvalue weighted by Crippen LogP contribution is -2.30. The highest BCUT2D eigenvalue weighted by atomic mass is 35.5. The Morgan fingerprint density at radius 2 is 2.27 bits per heavy atom. The summed E-state index contributed by atoms with van der Waals surface area (Å²) in [5.41, 5.74) is 1.06. The van der Waals surface area contributed by atoms with E-state index in [4.69, 9.17) is 11.6 Å². The van der Waals surface area contributed by atoms with Crippen molar-refractivity contribution < 1.29 is 4.79 Å². The number of nitrogens with one attached hydrogen (secondary N) is 1. The van der Waals surface area contributed by atoms with Gasteiger partial charge in [0.05, 0.1) is 0 Å². The number of amides is 1. The molecule has 64 valence electrons. The number of alkyl halides is 1. The molecule has 0 aromatic carbocycles. The monoisotopic (exact) mass is 175 g/mol. The Kier molecular flexibility index (Phi) is 4.95. The van der Waals surface area contributed by atoms with Crippen LogP contribution in [0.15, 0.2) is 12.2 Å². The molecule has 1 N–H and O–H groups in total. The van der Waals surface area contributed by atoms with Gasteiger partial charge in [-0.2, -0.15) is 0 Å². The van der Waals surface area contributed by atoms with E-state index in [1.807, 2.05) is 6.92 Å². The molecule has 0 aliphatic carbocycles. The van der Waals surface area contributed by atoms with Gasteiger partial charge in [0.2, 0.25) is 5.91 Å². The molecule has 0 saturated carbocycles. The fourth-order valence-corrected chi connectivity index (χ4v) is 0.617. The van der Waals surface area contributed by atoms with E-state index in [-0.39, 0.29) is 5.91 Å². The van der Waals surface area contributed by atoms with Gasteiger partial charge in [-0.15, -0.1) is 18.2 Å². The maximum absolute atomic E-state index is 10.9. The Morgan fingerprint density at radius 1 is 1.73 bits per heavy atom. The maximum atomic E-state index is 10.9. The highest BCUT2D eigenvalue weighted by Gasteiger charge is 2.06. The lowest BCUT2D eigenvalue weighted by Gasteiger charge is -2.05. The molecular weight excluding hydrogens is 162 g/mol. The van der Waals surface area contributed by atoms with Crippen molar-refractivity contribution in [1.82, 2.24) is 5.32 Å². The van der Waals surface area contributed by atoms with Gasteiger partial charge in [0.15, 0.2) is 0 Å². The van der Waals surface area contributed by atoms with Gasteiger partial charge in [-0.1, -0.05) is 5.57 Å². The molecule has 1 atom stereocenters. The summed E-state index contributed by atoms with van der Waals surface area (Å²) in [6.45, 7) is 7.92. The summed E-state index contributed by atoms with van der Waals surface area (Å²) in [5, 5.41) is 2.24. The zero-order valence-electron chi connectivity index (χ0n) is 6.98. The second-order valence-corrected chi connectivity index (χ2v) is 3.27. The number of halogens is 1. The first-order valence-electron chi connectivity index (χ1n) is 3.60. The molecule has 1 unspecified atom stereocenters. The summed E-state index contributed by atoms with van der Waals surface area (Å²) in [7, 11) is 0. The van der Waals surface area contributed by atoms with Crippen molar-refractivity contribution in [2.45, 2.75) is 25.6 Å².